The van der Waals surface area contributed by atoms with Gasteiger partial charge in [-0.05, 0) is 35.9 Å². The van der Waals surface area contributed by atoms with Gasteiger partial charge in [-0.25, -0.2) is 9.29 Å². The van der Waals surface area contributed by atoms with E-state index in [1.165, 1.54) is 48.5 Å². The second kappa shape index (κ2) is 8.37. The predicted octanol–water partition coefficient (Wildman–Crippen LogP) is 3.76. The number of nitrogens with zero attached hydrogens (tertiary/aromatic N) is 3. The fourth-order valence-electron chi connectivity index (χ4n) is 5.57. The quantitative estimate of drug-likeness (QED) is 0.333. The number of carbonyl (C=O) groups is 3. The van der Waals surface area contributed by atoms with Crippen molar-refractivity contribution in [3.05, 3.63) is 100 Å². The van der Waals surface area contributed by atoms with Crippen LogP contribution in [0.5, 0.6) is 0 Å². The van der Waals surface area contributed by atoms with Gasteiger partial charge in [0.25, 0.3) is 5.69 Å². The van der Waals surface area contributed by atoms with E-state index in [4.69, 9.17) is 0 Å². The average molecular weight is 498 g/mol. The van der Waals surface area contributed by atoms with Gasteiger partial charge in [0.05, 0.1) is 28.5 Å². The van der Waals surface area contributed by atoms with Crippen LogP contribution in [0.4, 0.5) is 27.1 Å². The van der Waals surface area contributed by atoms with Gasteiger partial charge >= 0.3 is 0 Å². The molecule has 0 unspecified atom stereocenters. The molecule has 4 atom stereocenters. The highest BCUT2D eigenvalue weighted by Gasteiger charge is 2.64. The van der Waals surface area contributed by atoms with E-state index in [9.17, 15) is 28.9 Å². The van der Waals surface area contributed by atoms with E-state index in [0.29, 0.717) is 11.4 Å². The van der Waals surface area contributed by atoms with Crippen LogP contribution in [-0.2, 0) is 14.4 Å². The summed E-state index contributed by atoms with van der Waals surface area (Å²) in [5, 5.41) is 13.7. The summed E-state index contributed by atoms with van der Waals surface area (Å²) >= 11 is 0. The number of carbonyl (C=O) groups excluding carboxylic acids is 3. The van der Waals surface area contributed by atoms with Crippen molar-refractivity contribution in [3.8, 4) is 0 Å². The molecule has 3 amide bonds. The van der Waals surface area contributed by atoms with Crippen LogP contribution in [0.15, 0.2) is 78.9 Å². The molecule has 10 heteroatoms. The van der Waals surface area contributed by atoms with Crippen LogP contribution in [0, 0.1) is 27.8 Å². The monoisotopic (exact) mass is 498 g/mol. The maximum absolute atomic E-state index is 14.6. The number of nitro benzene ring substituents is 1. The zero-order valence-electron chi connectivity index (χ0n) is 19.2. The molecule has 1 N–H and O–H groups in total. The molecule has 3 aliphatic heterocycles. The number of benzene rings is 3. The topological polar surface area (TPSA) is 113 Å². The van der Waals surface area contributed by atoms with Gasteiger partial charge < -0.3 is 10.2 Å². The van der Waals surface area contributed by atoms with Gasteiger partial charge in [-0.3, -0.25) is 24.5 Å². The van der Waals surface area contributed by atoms with E-state index in [1.54, 1.807) is 11.0 Å². The van der Waals surface area contributed by atoms with Gasteiger partial charge in [0.2, 0.25) is 17.7 Å². The number of nitro groups is 1. The zero-order chi connectivity index (χ0) is 25.8. The van der Waals surface area contributed by atoms with Crippen LogP contribution >= 0.6 is 0 Å². The van der Waals surface area contributed by atoms with Crippen LogP contribution in [0.25, 0.3) is 6.08 Å². The van der Waals surface area contributed by atoms with Crippen LogP contribution in [0.2, 0.25) is 0 Å². The van der Waals surface area contributed by atoms with Crippen molar-refractivity contribution in [2.24, 2.45) is 11.8 Å². The first-order chi connectivity index (χ1) is 17.9. The predicted molar refractivity (Wildman–Crippen MR) is 133 cm³/mol. The first kappa shape index (κ1) is 22.6. The molecule has 9 nitrogen and oxygen atoms in total. The molecule has 0 radical (unpaired) electrons. The Morgan fingerprint density at radius 2 is 1.54 bits per heavy atom. The van der Waals surface area contributed by atoms with Gasteiger partial charge in [-0.2, -0.15) is 0 Å². The number of fused-ring (bicyclic) bond motifs is 5. The molecule has 0 aliphatic carbocycles. The summed E-state index contributed by atoms with van der Waals surface area (Å²) in [5.74, 6) is -4.44. The summed E-state index contributed by atoms with van der Waals surface area (Å²) in [6.45, 7) is 0. The third-order valence-corrected chi connectivity index (χ3v) is 7.12. The smallest absolute Gasteiger partial charge is 0.269 e. The molecule has 6 rings (SSSR count). The highest BCUT2D eigenvalue weighted by Crippen LogP contribution is 2.49. The number of anilines is 3. The zero-order valence-corrected chi connectivity index (χ0v) is 19.2. The molecule has 0 bridgehead atoms. The van der Waals surface area contributed by atoms with Gasteiger partial charge in [-0.1, -0.05) is 42.5 Å². The van der Waals surface area contributed by atoms with Crippen molar-refractivity contribution in [1.82, 2.24) is 0 Å². The minimum absolute atomic E-state index is 0.133. The van der Waals surface area contributed by atoms with Crippen LogP contribution in [-0.4, -0.2) is 34.7 Å². The third-order valence-electron chi connectivity index (χ3n) is 7.12. The molecule has 3 aliphatic rings. The molecule has 3 aromatic carbocycles. The molecule has 3 heterocycles. The average Bonchev–Trinajstić information content (AvgIpc) is 3.37. The van der Waals surface area contributed by atoms with Crippen LogP contribution in [0.3, 0.4) is 0 Å². The number of amides is 3. The maximum Gasteiger partial charge on any atom is 0.269 e. The molecule has 0 saturated carbocycles. The number of rotatable bonds is 4. The van der Waals surface area contributed by atoms with E-state index < -0.39 is 52.4 Å². The highest BCUT2D eigenvalue weighted by atomic mass is 19.1. The molecule has 37 heavy (non-hydrogen) atoms. The summed E-state index contributed by atoms with van der Waals surface area (Å²) < 4.78 is 14.6. The van der Waals surface area contributed by atoms with Crippen molar-refractivity contribution in [2.45, 2.75) is 12.1 Å². The highest BCUT2D eigenvalue weighted by molar-refractivity contribution is 6.25. The second-order valence-corrected chi connectivity index (χ2v) is 9.07. The van der Waals surface area contributed by atoms with Gasteiger partial charge in [0, 0.05) is 23.5 Å². The number of halogens is 1. The molecule has 2 saturated heterocycles. The molecule has 0 spiro atoms. The SMILES string of the molecule is O=C(Nc1ccc([N+](=O)[O-])cc1)[C@@H]1[C@@H]2C(=O)N(c3ccccc3F)C(=O)[C@@H]2[C@@H]2C=Cc3ccccc3N12. The number of para-hydroxylation sites is 2. The summed E-state index contributed by atoms with van der Waals surface area (Å²) in [6.07, 6.45) is 3.66. The minimum atomic E-state index is -1.08. The number of hydrogen-bond acceptors (Lipinski definition) is 6. The van der Waals surface area contributed by atoms with Crippen molar-refractivity contribution in [3.63, 3.8) is 0 Å². The number of imide groups is 1. The summed E-state index contributed by atoms with van der Waals surface area (Å²) in [5.41, 5.74) is 1.56. The normalized spacial score (nSPS) is 23.5. The van der Waals surface area contributed by atoms with Gasteiger partial charge in [0.1, 0.15) is 11.9 Å². The maximum atomic E-state index is 14.6. The standard InChI is InChI=1S/C27H19FN4O5/c28-18-6-2-4-8-20(18)31-26(34)22-21-14-9-15-5-1-3-7-19(15)30(21)24(23(22)27(31)35)25(33)29-16-10-12-17(13-11-16)32(36)37/h1-14,21-24H,(H,29,33)/t21-,22+,23+,24-/m0/s1. The molecular weight excluding hydrogens is 479 g/mol. The fourth-order valence-corrected chi connectivity index (χ4v) is 5.57. The number of non-ortho nitro benzene ring substituents is 1. The van der Waals surface area contributed by atoms with Crippen LogP contribution in [0.1, 0.15) is 5.56 Å². The second-order valence-electron chi connectivity index (χ2n) is 9.07. The first-order valence-corrected chi connectivity index (χ1v) is 11.6. The lowest BCUT2D eigenvalue weighted by molar-refractivity contribution is -0.384. The first-order valence-electron chi connectivity index (χ1n) is 11.6. The Bertz CT molecular complexity index is 1500. The van der Waals surface area contributed by atoms with E-state index in [1.807, 2.05) is 30.3 Å². The van der Waals surface area contributed by atoms with E-state index in [2.05, 4.69) is 5.32 Å². The van der Waals surface area contributed by atoms with Crippen LogP contribution < -0.4 is 15.1 Å². The Hall–Kier alpha value is -4.86. The Morgan fingerprint density at radius 1 is 0.892 bits per heavy atom. The number of hydrogen-bond donors (Lipinski definition) is 1. The molecule has 3 aromatic rings. The van der Waals surface area contributed by atoms with Crippen molar-refractivity contribution in [2.75, 3.05) is 15.1 Å². The van der Waals surface area contributed by atoms with Crippen molar-refractivity contribution < 1.29 is 23.7 Å². The van der Waals surface area contributed by atoms with Crippen molar-refractivity contribution in [1.29, 1.82) is 0 Å². The Labute approximate surface area is 209 Å². The largest absolute Gasteiger partial charge is 0.351 e. The minimum Gasteiger partial charge on any atom is -0.351 e. The van der Waals surface area contributed by atoms with E-state index >= 15 is 0 Å². The molecule has 184 valence electrons. The third kappa shape index (κ3) is 3.40. The molecular formula is C27H19FN4O5. The lowest BCUT2D eigenvalue weighted by Gasteiger charge is -2.36. The number of nitrogens with one attached hydrogen (secondary N) is 1. The fraction of sp³-hybridized carbons (Fsp3) is 0.148. The van der Waals surface area contributed by atoms with Gasteiger partial charge in [0.15, 0.2) is 0 Å². The van der Waals surface area contributed by atoms with E-state index in [0.717, 1.165) is 10.5 Å². The molecule has 0 aromatic heterocycles. The lowest BCUT2D eigenvalue weighted by atomic mass is 9.88. The summed E-state index contributed by atoms with van der Waals surface area (Å²) in [7, 11) is 0. The Kier molecular flexibility index (Phi) is 5.11. The Morgan fingerprint density at radius 3 is 2.24 bits per heavy atom. The Balaban J connectivity index is 1.42. The van der Waals surface area contributed by atoms with Crippen molar-refractivity contribution >= 4 is 46.5 Å². The van der Waals surface area contributed by atoms with Gasteiger partial charge in [-0.15, -0.1) is 0 Å². The molecule has 2 fully saturated rings. The lowest BCUT2D eigenvalue weighted by Crippen LogP contribution is -2.50. The summed E-state index contributed by atoms with van der Waals surface area (Å²) in [4.78, 5) is 54.2. The van der Waals surface area contributed by atoms with E-state index in [-0.39, 0.29) is 11.4 Å². The summed E-state index contributed by atoms with van der Waals surface area (Å²) in [6, 6.07) is 16.5.